The molecule has 0 bridgehead atoms. The number of ether oxygens (including phenoxy) is 1. The SMILES string of the molecule is COc1cccc(/C=N/n2c(N)c(S(=O)(=O)c3ccc(C)cc3)c3nc4ccccc4nc32)c1. The predicted octanol–water partition coefficient (Wildman–Crippen LogP) is 4.20. The van der Waals surface area contributed by atoms with Crippen LogP contribution in [0.15, 0.2) is 87.7 Å². The zero-order valence-electron chi connectivity index (χ0n) is 18.5. The van der Waals surface area contributed by atoms with E-state index in [0.29, 0.717) is 16.8 Å². The van der Waals surface area contributed by atoms with Crippen LogP contribution in [0, 0.1) is 6.92 Å². The second kappa shape index (κ2) is 8.27. The van der Waals surface area contributed by atoms with Gasteiger partial charge in [0.2, 0.25) is 9.84 Å². The van der Waals surface area contributed by atoms with Gasteiger partial charge in [-0.25, -0.2) is 18.4 Å². The molecule has 34 heavy (non-hydrogen) atoms. The Bertz CT molecular complexity index is 1670. The maximum Gasteiger partial charge on any atom is 0.212 e. The summed E-state index contributed by atoms with van der Waals surface area (Å²) in [6.07, 6.45) is 1.57. The number of sulfone groups is 1. The fourth-order valence-electron chi connectivity index (χ4n) is 3.69. The number of anilines is 1. The van der Waals surface area contributed by atoms with Crippen molar-refractivity contribution in [3.05, 3.63) is 83.9 Å². The van der Waals surface area contributed by atoms with Crippen LogP contribution < -0.4 is 10.5 Å². The molecule has 0 aliphatic heterocycles. The van der Waals surface area contributed by atoms with E-state index in [1.54, 1.807) is 55.8 Å². The lowest BCUT2D eigenvalue weighted by molar-refractivity contribution is 0.415. The Labute approximate surface area is 196 Å². The minimum Gasteiger partial charge on any atom is -0.497 e. The molecule has 0 fully saturated rings. The number of methoxy groups -OCH3 is 1. The first-order valence-electron chi connectivity index (χ1n) is 10.5. The number of fused-ring (bicyclic) bond motifs is 2. The summed E-state index contributed by atoms with van der Waals surface area (Å²) in [5.41, 5.74) is 9.69. The standard InChI is InChI=1S/C25H21N5O3S/c1-16-10-12-19(13-11-16)34(31,32)23-22-25(29-21-9-4-3-8-20(21)28-22)30(24(23)26)27-15-17-6-5-7-18(14-17)33-2/h3-15H,26H2,1-2H3/b27-15+. The van der Waals surface area contributed by atoms with Crippen LogP contribution in [0.2, 0.25) is 0 Å². The first-order valence-corrected chi connectivity index (χ1v) is 11.9. The molecule has 0 saturated carbocycles. The number of para-hydroxylation sites is 2. The topological polar surface area (TPSA) is 112 Å². The molecule has 9 heteroatoms. The number of hydrogen-bond donors (Lipinski definition) is 1. The zero-order chi connectivity index (χ0) is 23.9. The quantitative estimate of drug-likeness (QED) is 0.385. The van der Waals surface area contributed by atoms with Crippen molar-refractivity contribution in [2.45, 2.75) is 16.7 Å². The minimum absolute atomic E-state index is 0.0648. The highest BCUT2D eigenvalue weighted by molar-refractivity contribution is 7.92. The van der Waals surface area contributed by atoms with Crippen LogP contribution >= 0.6 is 0 Å². The fraction of sp³-hybridized carbons (Fsp3) is 0.0800. The molecule has 8 nitrogen and oxygen atoms in total. The van der Waals surface area contributed by atoms with Crippen molar-refractivity contribution in [1.82, 2.24) is 14.6 Å². The normalized spacial score (nSPS) is 12.1. The molecule has 2 aromatic heterocycles. The fourth-order valence-corrected chi connectivity index (χ4v) is 5.17. The molecule has 0 atom stereocenters. The second-order valence-corrected chi connectivity index (χ2v) is 9.63. The van der Waals surface area contributed by atoms with E-state index < -0.39 is 9.84 Å². The summed E-state index contributed by atoms with van der Waals surface area (Å²) in [6, 6.07) is 21.1. The van der Waals surface area contributed by atoms with Gasteiger partial charge in [-0.05, 0) is 48.9 Å². The molecule has 5 rings (SSSR count). The summed E-state index contributed by atoms with van der Waals surface area (Å²) in [5.74, 6) is 0.604. The average molecular weight is 472 g/mol. The third-order valence-electron chi connectivity index (χ3n) is 5.44. The smallest absolute Gasteiger partial charge is 0.212 e. The van der Waals surface area contributed by atoms with E-state index in [1.807, 2.05) is 37.3 Å². The number of nitrogens with two attached hydrogens (primary N) is 1. The number of nitrogens with zero attached hydrogens (tertiary/aromatic N) is 4. The van der Waals surface area contributed by atoms with Gasteiger partial charge in [0, 0.05) is 0 Å². The Balaban J connectivity index is 1.77. The monoisotopic (exact) mass is 471 g/mol. The van der Waals surface area contributed by atoms with Crippen LogP contribution in [0.5, 0.6) is 5.75 Å². The molecule has 0 unspecified atom stereocenters. The Morgan fingerprint density at radius 1 is 0.971 bits per heavy atom. The molecular weight excluding hydrogens is 450 g/mol. The Morgan fingerprint density at radius 3 is 2.38 bits per heavy atom. The summed E-state index contributed by atoms with van der Waals surface area (Å²) in [7, 11) is -2.42. The van der Waals surface area contributed by atoms with Gasteiger partial charge >= 0.3 is 0 Å². The maximum atomic E-state index is 13.7. The summed E-state index contributed by atoms with van der Waals surface area (Å²) >= 11 is 0. The second-order valence-electron chi connectivity index (χ2n) is 7.75. The summed E-state index contributed by atoms with van der Waals surface area (Å²) < 4.78 is 33.9. The Kier molecular flexibility index (Phi) is 5.25. The van der Waals surface area contributed by atoms with Crippen LogP contribution in [0.4, 0.5) is 5.82 Å². The molecule has 3 aromatic carbocycles. The number of hydrogen-bond acceptors (Lipinski definition) is 7. The van der Waals surface area contributed by atoms with Crippen LogP contribution in [0.1, 0.15) is 11.1 Å². The van der Waals surface area contributed by atoms with Crippen molar-refractivity contribution in [2.24, 2.45) is 5.10 Å². The number of nitrogen functional groups attached to an aromatic ring is 1. The van der Waals surface area contributed by atoms with Crippen molar-refractivity contribution in [3.63, 3.8) is 0 Å². The number of rotatable bonds is 5. The van der Waals surface area contributed by atoms with Gasteiger partial charge in [-0.3, -0.25) is 0 Å². The van der Waals surface area contributed by atoms with Gasteiger partial charge in [0.25, 0.3) is 0 Å². The third kappa shape index (κ3) is 3.65. The molecule has 170 valence electrons. The van der Waals surface area contributed by atoms with Crippen LogP contribution in [0.3, 0.4) is 0 Å². The van der Waals surface area contributed by atoms with Gasteiger partial charge in [-0.1, -0.05) is 42.0 Å². The van der Waals surface area contributed by atoms with E-state index in [4.69, 9.17) is 10.5 Å². The van der Waals surface area contributed by atoms with Gasteiger partial charge in [0.1, 0.15) is 22.0 Å². The van der Waals surface area contributed by atoms with E-state index in [9.17, 15) is 8.42 Å². The molecule has 0 radical (unpaired) electrons. The first-order chi connectivity index (χ1) is 16.4. The molecule has 2 N–H and O–H groups in total. The van der Waals surface area contributed by atoms with Gasteiger partial charge < -0.3 is 10.5 Å². The van der Waals surface area contributed by atoms with E-state index >= 15 is 0 Å². The molecule has 0 saturated heterocycles. The average Bonchev–Trinajstić information content (AvgIpc) is 3.12. The number of benzene rings is 3. The van der Waals surface area contributed by atoms with Crippen molar-refractivity contribution in [1.29, 1.82) is 0 Å². The molecular formula is C25H21N5O3S. The minimum atomic E-state index is -4.00. The van der Waals surface area contributed by atoms with Crippen molar-refractivity contribution >= 4 is 44.1 Å². The first kappa shape index (κ1) is 21.6. The third-order valence-corrected chi connectivity index (χ3v) is 7.28. The lowest BCUT2D eigenvalue weighted by Gasteiger charge is -2.05. The molecule has 0 amide bonds. The number of aryl methyl sites for hydroxylation is 1. The number of aromatic nitrogens is 3. The van der Waals surface area contributed by atoms with Crippen LogP contribution in [-0.4, -0.2) is 36.4 Å². The highest BCUT2D eigenvalue weighted by Gasteiger charge is 2.30. The van der Waals surface area contributed by atoms with Crippen LogP contribution in [-0.2, 0) is 9.84 Å². The lowest BCUT2D eigenvalue weighted by atomic mass is 10.2. The van der Waals surface area contributed by atoms with E-state index in [2.05, 4.69) is 15.1 Å². The van der Waals surface area contributed by atoms with Crippen molar-refractivity contribution in [3.8, 4) is 5.75 Å². The molecule has 5 aromatic rings. The zero-order valence-corrected chi connectivity index (χ0v) is 19.3. The largest absolute Gasteiger partial charge is 0.497 e. The summed E-state index contributed by atoms with van der Waals surface area (Å²) in [5, 5.41) is 4.47. The lowest BCUT2D eigenvalue weighted by Crippen LogP contribution is -2.06. The van der Waals surface area contributed by atoms with Gasteiger partial charge in [0.15, 0.2) is 5.65 Å². The van der Waals surface area contributed by atoms with Gasteiger partial charge in [-0.2, -0.15) is 9.78 Å². The Hall–Kier alpha value is -4.24. The van der Waals surface area contributed by atoms with E-state index in [-0.39, 0.29) is 26.8 Å². The Morgan fingerprint density at radius 2 is 1.68 bits per heavy atom. The van der Waals surface area contributed by atoms with Crippen molar-refractivity contribution in [2.75, 3.05) is 12.8 Å². The molecule has 0 aliphatic carbocycles. The summed E-state index contributed by atoms with van der Waals surface area (Å²) in [6.45, 7) is 1.89. The highest BCUT2D eigenvalue weighted by atomic mass is 32.2. The van der Waals surface area contributed by atoms with Crippen LogP contribution in [0.25, 0.3) is 22.2 Å². The van der Waals surface area contributed by atoms with E-state index in [0.717, 1.165) is 11.1 Å². The van der Waals surface area contributed by atoms with Crippen molar-refractivity contribution < 1.29 is 13.2 Å². The molecule has 0 aliphatic rings. The highest BCUT2D eigenvalue weighted by Crippen LogP contribution is 2.35. The van der Waals surface area contributed by atoms with Gasteiger partial charge in [-0.15, -0.1) is 0 Å². The molecule has 0 spiro atoms. The van der Waals surface area contributed by atoms with E-state index in [1.165, 1.54) is 4.68 Å². The molecule has 2 heterocycles. The van der Waals surface area contributed by atoms with Gasteiger partial charge in [0.05, 0.1) is 29.3 Å². The summed E-state index contributed by atoms with van der Waals surface area (Å²) in [4.78, 5) is 9.26. The predicted molar refractivity (Wildman–Crippen MR) is 132 cm³/mol. The maximum absolute atomic E-state index is 13.7.